The zero-order chi connectivity index (χ0) is 22.7. The van der Waals surface area contributed by atoms with Crippen LogP contribution in [0.1, 0.15) is 43.5 Å². The number of piperidine rings is 1. The molecule has 1 aromatic heterocycles. The maximum Gasteiger partial charge on any atom is 0.343 e. The highest BCUT2D eigenvalue weighted by Crippen LogP contribution is 2.31. The quantitative estimate of drug-likeness (QED) is 0.370. The van der Waals surface area contributed by atoms with Crippen LogP contribution in [0.3, 0.4) is 0 Å². The number of carbonyl (C=O) groups is 1. The maximum atomic E-state index is 12.8. The molecular formula is C23H27N3O4S2. The molecule has 32 heavy (non-hydrogen) atoms. The number of hydrogen-bond acceptors (Lipinski definition) is 7. The van der Waals surface area contributed by atoms with Crippen molar-refractivity contribution in [3.8, 4) is 5.75 Å². The number of benzene rings is 2. The Bertz CT molecular complexity index is 1200. The van der Waals surface area contributed by atoms with Crippen molar-refractivity contribution in [3.63, 3.8) is 0 Å². The van der Waals surface area contributed by atoms with Crippen LogP contribution >= 0.6 is 11.3 Å². The minimum absolute atomic E-state index is 0.200. The van der Waals surface area contributed by atoms with Gasteiger partial charge in [0.15, 0.2) is 5.13 Å². The van der Waals surface area contributed by atoms with Gasteiger partial charge in [-0.3, -0.25) is 0 Å². The van der Waals surface area contributed by atoms with Gasteiger partial charge >= 0.3 is 5.97 Å². The molecule has 0 atom stereocenters. The highest BCUT2D eigenvalue weighted by molar-refractivity contribution is 7.89. The molecule has 0 N–H and O–H groups in total. The minimum atomic E-state index is -3.53. The van der Waals surface area contributed by atoms with E-state index in [0.717, 1.165) is 47.7 Å². The molecule has 1 saturated heterocycles. The van der Waals surface area contributed by atoms with Crippen LogP contribution in [-0.4, -0.2) is 49.9 Å². The Balaban J connectivity index is 1.48. The van der Waals surface area contributed by atoms with Gasteiger partial charge in [-0.05, 0) is 63.1 Å². The van der Waals surface area contributed by atoms with Gasteiger partial charge in [0, 0.05) is 32.2 Å². The molecule has 1 fully saturated rings. The molecule has 1 aliphatic heterocycles. The average molecular weight is 474 g/mol. The van der Waals surface area contributed by atoms with E-state index in [-0.39, 0.29) is 4.90 Å². The van der Waals surface area contributed by atoms with Gasteiger partial charge in [-0.2, -0.15) is 4.31 Å². The molecule has 2 aromatic carbocycles. The van der Waals surface area contributed by atoms with Crippen LogP contribution in [0.15, 0.2) is 47.4 Å². The van der Waals surface area contributed by atoms with Crippen molar-refractivity contribution in [3.05, 3.63) is 48.0 Å². The van der Waals surface area contributed by atoms with E-state index in [4.69, 9.17) is 4.74 Å². The Morgan fingerprint density at radius 1 is 1.06 bits per heavy atom. The number of rotatable bonds is 7. The van der Waals surface area contributed by atoms with Crippen LogP contribution in [0.25, 0.3) is 10.2 Å². The summed E-state index contributed by atoms with van der Waals surface area (Å²) in [5.41, 5.74) is 1.17. The van der Waals surface area contributed by atoms with Crippen molar-refractivity contribution in [2.24, 2.45) is 0 Å². The fourth-order valence-electron chi connectivity index (χ4n) is 3.77. The minimum Gasteiger partial charge on any atom is -0.423 e. The summed E-state index contributed by atoms with van der Waals surface area (Å²) in [6.07, 6.45) is 2.81. The summed E-state index contributed by atoms with van der Waals surface area (Å²) in [4.78, 5) is 19.6. The van der Waals surface area contributed by atoms with Crippen molar-refractivity contribution in [2.75, 3.05) is 31.1 Å². The Labute approximate surface area is 192 Å². The van der Waals surface area contributed by atoms with E-state index in [1.54, 1.807) is 17.4 Å². The molecule has 0 amide bonds. The van der Waals surface area contributed by atoms with E-state index in [1.807, 2.05) is 12.1 Å². The summed E-state index contributed by atoms with van der Waals surface area (Å²) < 4.78 is 33.6. The second-order valence-corrected chi connectivity index (χ2v) is 10.6. The van der Waals surface area contributed by atoms with Crippen molar-refractivity contribution < 1.29 is 17.9 Å². The van der Waals surface area contributed by atoms with Crippen molar-refractivity contribution in [1.82, 2.24) is 9.29 Å². The Morgan fingerprint density at radius 3 is 2.41 bits per heavy atom. The lowest BCUT2D eigenvalue weighted by atomic mass is 10.2. The van der Waals surface area contributed by atoms with E-state index in [9.17, 15) is 13.2 Å². The molecule has 170 valence electrons. The molecule has 0 unspecified atom stereocenters. The van der Waals surface area contributed by atoms with Gasteiger partial charge in [-0.25, -0.2) is 18.2 Å². The zero-order valence-electron chi connectivity index (χ0n) is 18.3. The van der Waals surface area contributed by atoms with Crippen molar-refractivity contribution in [2.45, 2.75) is 38.0 Å². The number of hydrogen-bond donors (Lipinski definition) is 0. The normalized spacial score (nSPS) is 15.1. The summed E-state index contributed by atoms with van der Waals surface area (Å²) in [6.45, 7) is 7.02. The second kappa shape index (κ2) is 9.56. The van der Waals surface area contributed by atoms with Gasteiger partial charge in [0.1, 0.15) is 5.75 Å². The Hall–Kier alpha value is -2.49. The van der Waals surface area contributed by atoms with E-state index in [0.29, 0.717) is 24.4 Å². The first-order chi connectivity index (χ1) is 15.4. The predicted molar refractivity (Wildman–Crippen MR) is 127 cm³/mol. The number of anilines is 1. The third-order valence-electron chi connectivity index (χ3n) is 5.64. The largest absolute Gasteiger partial charge is 0.423 e. The fraction of sp³-hybridized carbons (Fsp3) is 0.391. The van der Waals surface area contributed by atoms with Crippen LogP contribution in [0.5, 0.6) is 5.75 Å². The van der Waals surface area contributed by atoms with E-state index in [1.165, 1.54) is 28.6 Å². The summed E-state index contributed by atoms with van der Waals surface area (Å²) in [7, 11) is -3.53. The molecule has 7 nitrogen and oxygen atoms in total. The summed E-state index contributed by atoms with van der Waals surface area (Å²) >= 11 is 1.56. The monoisotopic (exact) mass is 473 g/mol. The molecular weight excluding hydrogens is 446 g/mol. The van der Waals surface area contributed by atoms with E-state index in [2.05, 4.69) is 23.7 Å². The lowest BCUT2D eigenvalue weighted by molar-refractivity contribution is 0.0735. The zero-order valence-corrected chi connectivity index (χ0v) is 19.9. The van der Waals surface area contributed by atoms with Crippen molar-refractivity contribution >= 4 is 42.7 Å². The van der Waals surface area contributed by atoms with Gasteiger partial charge in [-0.15, -0.1) is 0 Å². The molecule has 0 saturated carbocycles. The summed E-state index contributed by atoms with van der Waals surface area (Å²) in [5, 5.41) is 0.944. The molecule has 0 bridgehead atoms. The van der Waals surface area contributed by atoms with Crippen LogP contribution in [-0.2, 0) is 10.0 Å². The second-order valence-electron chi connectivity index (χ2n) is 7.68. The number of esters is 1. The Morgan fingerprint density at radius 2 is 1.75 bits per heavy atom. The number of ether oxygens (including phenoxy) is 1. The standard InChI is InChI=1S/C23H27N3O4S2/c1-3-25(4-2)23-24-20-13-10-18(16-21(20)31-23)30-22(27)17-8-11-19(12-9-17)32(28,29)26-14-6-5-7-15-26/h8-13,16H,3-7,14-15H2,1-2H3. The third kappa shape index (κ3) is 4.65. The average Bonchev–Trinajstić information content (AvgIpc) is 3.23. The molecule has 0 spiro atoms. The fourth-order valence-corrected chi connectivity index (χ4v) is 6.41. The van der Waals surface area contributed by atoms with Gasteiger partial charge in [0.25, 0.3) is 0 Å². The molecule has 4 rings (SSSR count). The number of nitrogens with zero attached hydrogens (tertiary/aromatic N) is 3. The van der Waals surface area contributed by atoms with E-state index < -0.39 is 16.0 Å². The highest BCUT2D eigenvalue weighted by atomic mass is 32.2. The topological polar surface area (TPSA) is 79.8 Å². The smallest absolute Gasteiger partial charge is 0.343 e. The predicted octanol–water partition coefficient (Wildman–Crippen LogP) is 4.54. The van der Waals surface area contributed by atoms with Gasteiger partial charge in [-0.1, -0.05) is 17.8 Å². The number of aromatic nitrogens is 1. The van der Waals surface area contributed by atoms with Crippen LogP contribution in [0.2, 0.25) is 0 Å². The molecule has 3 aromatic rings. The SMILES string of the molecule is CCN(CC)c1nc2ccc(OC(=O)c3ccc(S(=O)(=O)N4CCCCC4)cc3)cc2s1. The summed E-state index contributed by atoms with van der Waals surface area (Å²) in [6, 6.07) is 11.3. The number of sulfonamides is 1. The number of fused-ring (bicyclic) bond motifs is 1. The number of carbonyl (C=O) groups excluding carboxylic acids is 1. The van der Waals surface area contributed by atoms with Crippen LogP contribution in [0.4, 0.5) is 5.13 Å². The maximum absolute atomic E-state index is 12.8. The van der Waals surface area contributed by atoms with Gasteiger partial charge in [0.05, 0.1) is 20.7 Å². The molecule has 0 aliphatic carbocycles. The molecule has 9 heteroatoms. The lowest BCUT2D eigenvalue weighted by Crippen LogP contribution is -2.35. The summed E-state index contributed by atoms with van der Waals surface area (Å²) in [5.74, 6) is -0.0954. The van der Waals surface area contributed by atoms with Gasteiger partial charge in [0.2, 0.25) is 10.0 Å². The lowest BCUT2D eigenvalue weighted by Gasteiger charge is -2.25. The van der Waals surface area contributed by atoms with Crippen LogP contribution < -0.4 is 9.64 Å². The molecule has 0 radical (unpaired) electrons. The first-order valence-electron chi connectivity index (χ1n) is 10.9. The third-order valence-corrected chi connectivity index (χ3v) is 8.63. The first kappa shape index (κ1) is 22.7. The van der Waals surface area contributed by atoms with Crippen LogP contribution in [0, 0.1) is 0 Å². The molecule has 2 heterocycles. The highest BCUT2D eigenvalue weighted by Gasteiger charge is 2.26. The molecule has 1 aliphatic rings. The van der Waals surface area contributed by atoms with E-state index >= 15 is 0 Å². The first-order valence-corrected chi connectivity index (χ1v) is 13.2. The number of thiazole rings is 1. The van der Waals surface area contributed by atoms with Gasteiger partial charge < -0.3 is 9.64 Å². The van der Waals surface area contributed by atoms with Crippen molar-refractivity contribution in [1.29, 1.82) is 0 Å². The Kier molecular flexibility index (Phi) is 6.78.